The van der Waals surface area contributed by atoms with Gasteiger partial charge in [0.25, 0.3) is 0 Å². The van der Waals surface area contributed by atoms with Crippen molar-refractivity contribution in [3.8, 4) is 0 Å². The molecule has 0 spiro atoms. The Balaban J connectivity index is 1.88. The zero-order chi connectivity index (χ0) is 18.9. The molecule has 1 unspecified atom stereocenters. The molecule has 1 atom stereocenters. The van der Waals surface area contributed by atoms with Crippen LogP contribution in [0.25, 0.3) is 0 Å². The highest BCUT2D eigenvalue weighted by Gasteiger charge is 2.16. The first-order chi connectivity index (χ1) is 12.7. The molecule has 0 radical (unpaired) electrons. The maximum atomic E-state index is 11.5. The maximum absolute atomic E-state index is 11.5. The Morgan fingerprint density at radius 2 is 1.46 bits per heavy atom. The van der Waals surface area contributed by atoms with E-state index in [9.17, 15) is 9.59 Å². The summed E-state index contributed by atoms with van der Waals surface area (Å²) in [5, 5.41) is 0. The van der Waals surface area contributed by atoms with Gasteiger partial charge in [-0.05, 0) is 19.3 Å². The summed E-state index contributed by atoms with van der Waals surface area (Å²) in [6, 6.07) is 0. The summed E-state index contributed by atoms with van der Waals surface area (Å²) >= 11 is 0. The minimum absolute atomic E-state index is 0.00404. The largest absolute Gasteiger partial charge is 0.463 e. The number of carbonyl (C=O) groups excluding carboxylic acids is 2. The topological polar surface area (TPSA) is 61.8 Å². The molecule has 5 nitrogen and oxygen atoms in total. The molecule has 0 aromatic carbocycles. The molecule has 0 aromatic rings. The molecule has 1 heterocycles. The first-order valence-electron chi connectivity index (χ1n) is 10.4. The molecule has 0 amide bonds. The predicted octanol–water partition coefficient (Wildman–Crippen LogP) is 4.73. The van der Waals surface area contributed by atoms with Crippen molar-refractivity contribution in [1.82, 2.24) is 0 Å². The molecule has 1 fully saturated rings. The Hall–Kier alpha value is -1.36. The average Bonchev–Trinajstić information content (AvgIpc) is 3.16. The molecule has 1 rings (SSSR count). The molecule has 5 heteroatoms. The lowest BCUT2D eigenvalue weighted by Crippen LogP contribution is -2.16. The lowest BCUT2D eigenvalue weighted by Gasteiger charge is -2.08. The fourth-order valence-corrected chi connectivity index (χ4v) is 2.95. The zero-order valence-electron chi connectivity index (χ0n) is 16.4. The van der Waals surface area contributed by atoms with E-state index in [1.807, 2.05) is 0 Å². The fourth-order valence-electron chi connectivity index (χ4n) is 2.95. The zero-order valence-corrected chi connectivity index (χ0v) is 16.4. The van der Waals surface area contributed by atoms with Crippen molar-refractivity contribution in [2.75, 3.05) is 19.8 Å². The van der Waals surface area contributed by atoms with E-state index < -0.39 is 11.9 Å². The molecule has 1 aliphatic heterocycles. The van der Waals surface area contributed by atoms with Gasteiger partial charge in [-0.3, -0.25) is 0 Å². The van der Waals surface area contributed by atoms with Crippen LogP contribution in [0.5, 0.6) is 0 Å². The summed E-state index contributed by atoms with van der Waals surface area (Å²) < 4.78 is 15.5. The molecule has 0 N–H and O–H groups in total. The maximum Gasteiger partial charge on any atom is 0.331 e. The molecule has 1 saturated heterocycles. The van der Waals surface area contributed by atoms with E-state index in [1.165, 1.54) is 51.4 Å². The monoisotopic (exact) mass is 368 g/mol. The number of hydrogen-bond acceptors (Lipinski definition) is 5. The van der Waals surface area contributed by atoms with Crippen LogP contribution in [0.2, 0.25) is 0 Å². The number of rotatable bonds is 15. The van der Waals surface area contributed by atoms with Gasteiger partial charge in [-0.2, -0.15) is 0 Å². The molecule has 26 heavy (non-hydrogen) atoms. The summed E-state index contributed by atoms with van der Waals surface area (Å²) in [6.45, 7) is 3.62. The standard InChI is InChI=1S/C21H36O5/c1-2-3-4-5-6-7-8-9-10-11-16-25-20(22)14-15-21(23)26-18-19-13-12-17-24-19/h14-15,19H,2-13,16-18H2,1H3/b15-14+. The summed E-state index contributed by atoms with van der Waals surface area (Å²) in [6.07, 6.45) is 16.6. The molecular weight excluding hydrogens is 332 g/mol. The molecule has 0 aromatic heterocycles. The first-order valence-corrected chi connectivity index (χ1v) is 10.4. The second kappa shape index (κ2) is 15.9. The van der Waals surface area contributed by atoms with Gasteiger partial charge in [-0.15, -0.1) is 0 Å². The molecule has 0 saturated carbocycles. The van der Waals surface area contributed by atoms with Crippen LogP contribution in [0.3, 0.4) is 0 Å². The quantitative estimate of drug-likeness (QED) is 0.238. The van der Waals surface area contributed by atoms with Gasteiger partial charge in [0, 0.05) is 18.8 Å². The van der Waals surface area contributed by atoms with Crippen molar-refractivity contribution in [2.45, 2.75) is 90.1 Å². The van der Waals surface area contributed by atoms with Crippen LogP contribution >= 0.6 is 0 Å². The molecule has 0 bridgehead atoms. The normalized spacial score (nSPS) is 16.9. The van der Waals surface area contributed by atoms with E-state index in [0.29, 0.717) is 6.61 Å². The van der Waals surface area contributed by atoms with Crippen molar-refractivity contribution < 1.29 is 23.8 Å². The van der Waals surface area contributed by atoms with Crippen LogP contribution in [-0.2, 0) is 23.8 Å². The van der Waals surface area contributed by atoms with Crippen molar-refractivity contribution in [1.29, 1.82) is 0 Å². The number of unbranched alkanes of at least 4 members (excludes halogenated alkanes) is 9. The summed E-state index contributed by atoms with van der Waals surface area (Å²) in [5.41, 5.74) is 0. The Labute approximate surface area is 158 Å². The van der Waals surface area contributed by atoms with E-state index in [-0.39, 0.29) is 12.7 Å². The lowest BCUT2D eigenvalue weighted by atomic mass is 10.1. The third kappa shape index (κ3) is 12.9. The Kier molecular flexibility index (Phi) is 13.8. The van der Waals surface area contributed by atoms with Crippen LogP contribution in [0.15, 0.2) is 12.2 Å². The third-order valence-electron chi connectivity index (χ3n) is 4.53. The molecular formula is C21H36O5. The molecule has 0 aliphatic carbocycles. The highest BCUT2D eigenvalue weighted by atomic mass is 16.6. The van der Waals surface area contributed by atoms with E-state index in [0.717, 1.165) is 44.4 Å². The second-order valence-electron chi connectivity index (χ2n) is 6.95. The SMILES string of the molecule is CCCCCCCCCCCCOC(=O)/C=C/C(=O)OCC1CCCO1. The van der Waals surface area contributed by atoms with Gasteiger partial charge in [0.2, 0.25) is 0 Å². The van der Waals surface area contributed by atoms with Gasteiger partial charge >= 0.3 is 11.9 Å². The minimum atomic E-state index is -0.531. The van der Waals surface area contributed by atoms with Crippen LogP contribution < -0.4 is 0 Å². The first kappa shape index (κ1) is 22.7. The van der Waals surface area contributed by atoms with E-state index in [2.05, 4.69) is 6.92 Å². The Morgan fingerprint density at radius 1 is 0.885 bits per heavy atom. The number of esters is 2. The summed E-state index contributed by atoms with van der Waals surface area (Å²) in [5.74, 6) is -1.02. The van der Waals surface area contributed by atoms with E-state index in [1.54, 1.807) is 0 Å². The van der Waals surface area contributed by atoms with Crippen LogP contribution in [-0.4, -0.2) is 37.9 Å². The lowest BCUT2D eigenvalue weighted by molar-refractivity contribution is -0.142. The summed E-state index contributed by atoms with van der Waals surface area (Å²) in [7, 11) is 0. The van der Waals surface area contributed by atoms with E-state index in [4.69, 9.17) is 14.2 Å². The van der Waals surface area contributed by atoms with Crippen molar-refractivity contribution in [3.05, 3.63) is 12.2 Å². The number of ether oxygens (including phenoxy) is 3. The van der Waals surface area contributed by atoms with Crippen LogP contribution in [0.1, 0.15) is 84.0 Å². The predicted molar refractivity (Wildman–Crippen MR) is 102 cm³/mol. The minimum Gasteiger partial charge on any atom is -0.463 e. The fraction of sp³-hybridized carbons (Fsp3) is 0.810. The van der Waals surface area contributed by atoms with Gasteiger partial charge < -0.3 is 14.2 Å². The third-order valence-corrected chi connectivity index (χ3v) is 4.53. The van der Waals surface area contributed by atoms with Crippen LogP contribution in [0, 0.1) is 0 Å². The van der Waals surface area contributed by atoms with Crippen molar-refractivity contribution in [2.24, 2.45) is 0 Å². The molecule has 150 valence electrons. The van der Waals surface area contributed by atoms with Crippen LogP contribution in [0.4, 0.5) is 0 Å². The Morgan fingerprint density at radius 3 is 2.04 bits per heavy atom. The van der Waals surface area contributed by atoms with Gasteiger partial charge in [0.15, 0.2) is 0 Å². The molecule has 1 aliphatic rings. The van der Waals surface area contributed by atoms with E-state index >= 15 is 0 Å². The Bertz CT molecular complexity index is 399. The van der Waals surface area contributed by atoms with Crippen molar-refractivity contribution in [3.63, 3.8) is 0 Å². The van der Waals surface area contributed by atoms with Gasteiger partial charge in [0.1, 0.15) is 6.61 Å². The van der Waals surface area contributed by atoms with Gasteiger partial charge in [-0.25, -0.2) is 9.59 Å². The smallest absolute Gasteiger partial charge is 0.331 e. The van der Waals surface area contributed by atoms with Crippen molar-refractivity contribution >= 4 is 11.9 Å². The highest BCUT2D eigenvalue weighted by molar-refractivity contribution is 5.91. The van der Waals surface area contributed by atoms with Gasteiger partial charge in [0.05, 0.1) is 12.7 Å². The number of carbonyl (C=O) groups is 2. The average molecular weight is 369 g/mol. The second-order valence-corrected chi connectivity index (χ2v) is 6.95. The highest BCUT2D eigenvalue weighted by Crippen LogP contribution is 2.12. The number of hydrogen-bond donors (Lipinski definition) is 0. The van der Waals surface area contributed by atoms with Gasteiger partial charge in [-0.1, -0.05) is 64.7 Å². The summed E-state index contributed by atoms with van der Waals surface area (Å²) in [4.78, 5) is 23.0.